The number of nitrogens with two attached hydrogens (primary N) is 2. The first kappa shape index (κ1) is 14.1. The number of carbonyl (C=O) groups is 1. The number of rotatable bonds is 5. The van der Waals surface area contributed by atoms with Gasteiger partial charge in [-0.3, -0.25) is 0 Å². The first-order valence-corrected chi connectivity index (χ1v) is 5.41. The summed E-state index contributed by atoms with van der Waals surface area (Å²) < 4.78 is 15.0. The van der Waals surface area contributed by atoms with Crippen LogP contribution in [-0.2, 0) is 9.47 Å². The van der Waals surface area contributed by atoms with Gasteiger partial charge in [-0.25, -0.2) is 4.79 Å². The quantitative estimate of drug-likeness (QED) is 0.461. The number of ether oxygens (including phenoxy) is 3. The Morgan fingerprint density at radius 2 is 1.89 bits per heavy atom. The minimum Gasteiger partial charge on any atom is -0.488 e. The molecule has 0 spiro atoms. The van der Waals surface area contributed by atoms with Crippen LogP contribution in [0.4, 0.5) is 11.4 Å². The van der Waals surface area contributed by atoms with Gasteiger partial charge < -0.3 is 25.7 Å². The van der Waals surface area contributed by atoms with Crippen molar-refractivity contribution in [2.24, 2.45) is 0 Å². The van der Waals surface area contributed by atoms with Crippen LogP contribution in [0, 0.1) is 6.92 Å². The molecule has 0 aromatic heterocycles. The summed E-state index contributed by atoms with van der Waals surface area (Å²) in [5.74, 6) is -0.279. The van der Waals surface area contributed by atoms with Gasteiger partial charge in [-0.15, -0.1) is 0 Å². The largest absolute Gasteiger partial charge is 0.488 e. The van der Waals surface area contributed by atoms with Crippen LogP contribution in [0.3, 0.4) is 0 Å². The minimum absolute atomic E-state index is 0.238. The van der Waals surface area contributed by atoms with Gasteiger partial charge in [0.1, 0.15) is 12.2 Å². The lowest BCUT2D eigenvalue weighted by Crippen LogP contribution is -2.13. The average molecular weight is 254 g/mol. The van der Waals surface area contributed by atoms with E-state index in [1.54, 1.807) is 20.1 Å². The number of nitrogen functional groups attached to an aromatic ring is 2. The SMILES string of the molecule is COCCOc1c(C(=O)OC)cc(C)c(N)c1N. The molecule has 0 aliphatic heterocycles. The zero-order chi connectivity index (χ0) is 13.7. The molecule has 1 aromatic rings. The van der Waals surface area contributed by atoms with Crippen molar-refractivity contribution >= 4 is 17.3 Å². The Morgan fingerprint density at radius 1 is 1.22 bits per heavy atom. The number of carbonyl (C=O) groups excluding carboxylic acids is 1. The van der Waals surface area contributed by atoms with E-state index in [2.05, 4.69) is 4.74 Å². The van der Waals surface area contributed by atoms with Crippen LogP contribution in [0.1, 0.15) is 15.9 Å². The molecule has 0 radical (unpaired) electrons. The maximum Gasteiger partial charge on any atom is 0.341 e. The zero-order valence-electron chi connectivity index (χ0n) is 10.8. The number of esters is 1. The van der Waals surface area contributed by atoms with E-state index in [1.807, 2.05) is 0 Å². The number of benzene rings is 1. The first-order chi connectivity index (χ1) is 8.52. The molecule has 1 rings (SSSR count). The van der Waals surface area contributed by atoms with Gasteiger partial charge in [0, 0.05) is 7.11 Å². The van der Waals surface area contributed by atoms with E-state index in [0.29, 0.717) is 17.9 Å². The summed E-state index contributed by atoms with van der Waals surface area (Å²) in [4.78, 5) is 11.7. The van der Waals surface area contributed by atoms with Crippen LogP contribution < -0.4 is 16.2 Å². The van der Waals surface area contributed by atoms with Crippen molar-refractivity contribution < 1.29 is 19.0 Å². The number of hydrogen-bond donors (Lipinski definition) is 2. The molecule has 1 aromatic carbocycles. The maximum atomic E-state index is 11.7. The molecule has 0 aliphatic carbocycles. The van der Waals surface area contributed by atoms with Gasteiger partial charge in [0.25, 0.3) is 0 Å². The topological polar surface area (TPSA) is 96.8 Å². The van der Waals surface area contributed by atoms with Gasteiger partial charge in [-0.1, -0.05) is 0 Å². The van der Waals surface area contributed by atoms with Crippen molar-refractivity contribution in [2.45, 2.75) is 6.92 Å². The van der Waals surface area contributed by atoms with Crippen molar-refractivity contribution in [1.29, 1.82) is 0 Å². The molecule has 0 amide bonds. The minimum atomic E-state index is -0.516. The van der Waals surface area contributed by atoms with Gasteiger partial charge in [0.2, 0.25) is 0 Å². The molecule has 0 fully saturated rings. The van der Waals surface area contributed by atoms with Gasteiger partial charge in [0.05, 0.1) is 25.1 Å². The Kier molecular flexibility index (Phi) is 4.79. The molecule has 0 unspecified atom stereocenters. The predicted molar refractivity (Wildman–Crippen MR) is 68.7 cm³/mol. The fraction of sp³-hybridized carbons (Fsp3) is 0.417. The van der Waals surface area contributed by atoms with Gasteiger partial charge >= 0.3 is 5.97 Å². The number of aryl methyl sites for hydroxylation is 1. The molecule has 0 saturated carbocycles. The third-order valence-electron chi connectivity index (χ3n) is 2.50. The Morgan fingerprint density at radius 3 is 2.44 bits per heavy atom. The van der Waals surface area contributed by atoms with E-state index in [1.165, 1.54) is 7.11 Å². The van der Waals surface area contributed by atoms with Crippen molar-refractivity contribution in [3.8, 4) is 5.75 Å². The summed E-state index contributed by atoms with van der Waals surface area (Å²) in [5.41, 5.74) is 13.3. The molecule has 0 bridgehead atoms. The predicted octanol–water partition coefficient (Wildman–Crippen LogP) is 0.971. The van der Waals surface area contributed by atoms with E-state index in [0.717, 1.165) is 0 Å². The molecule has 0 saturated heterocycles. The van der Waals surface area contributed by atoms with Crippen LogP contribution in [0.2, 0.25) is 0 Å². The molecule has 18 heavy (non-hydrogen) atoms. The Labute approximate surface area is 106 Å². The smallest absolute Gasteiger partial charge is 0.341 e. The second-order valence-corrected chi connectivity index (χ2v) is 3.73. The highest BCUT2D eigenvalue weighted by atomic mass is 16.5. The fourth-order valence-electron chi connectivity index (χ4n) is 1.48. The van der Waals surface area contributed by atoms with E-state index in [4.69, 9.17) is 20.9 Å². The highest BCUT2D eigenvalue weighted by Gasteiger charge is 2.19. The fourth-order valence-corrected chi connectivity index (χ4v) is 1.48. The molecule has 4 N–H and O–H groups in total. The molecule has 100 valence electrons. The van der Waals surface area contributed by atoms with E-state index >= 15 is 0 Å². The second-order valence-electron chi connectivity index (χ2n) is 3.73. The second kappa shape index (κ2) is 6.11. The monoisotopic (exact) mass is 254 g/mol. The summed E-state index contributed by atoms with van der Waals surface area (Å²) in [6.07, 6.45) is 0. The summed E-state index contributed by atoms with van der Waals surface area (Å²) in [6, 6.07) is 1.60. The highest BCUT2D eigenvalue weighted by Crippen LogP contribution is 2.34. The van der Waals surface area contributed by atoms with Gasteiger partial charge in [-0.2, -0.15) is 0 Å². The Bertz CT molecular complexity index is 446. The van der Waals surface area contributed by atoms with E-state index in [-0.39, 0.29) is 23.6 Å². The average Bonchev–Trinajstić information content (AvgIpc) is 2.37. The molecule has 0 atom stereocenters. The Hall–Kier alpha value is -1.95. The van der Waals surface area contributed by atoms with Crippen LogP contribution in [0.25, 0.3) is 0 Å². The lowest BCUT2D eigenvalue weighted by atomic mass is 10.1. The van der Waals surface area contributed by atoms with Crippen LogP contribution in [-0.4, -0.2) is 33.4 Å². The summed E-state index contributed by atoms with van der Waals surface area (Å²) in [6.45, 7) is 2.41. The third-order valence-corrected chi connectivity index (χ3v) is 2.50. The molecule has 0 aliphatic rings. The molecule has 6 nitrogen and oxygen atoms in total. The van der Waals surface area contributed by atoms with Gasteiger partial charge in [-0.05, 0) is 18.6 Å². The standard InChI is InChI=1S/C12H18N2O4/c1-7-6-8(12(15)17-3)11(10(14)9(7)13)18-5-4-16-2/h6H,4-5,13-14H2,1-3H3. The van der Waals surface area contributed by atoms with Crippen LogP contribution >= 0.6 is 0 Å². The van der Waals surface area contributed by atoms with Crippen molar-refractivity contribution in [1.82, 2.24) is 0 Å². The summed E-state index contributed by atoms with van der Waals surface area (Å²) in [7, 11) is 2.85. The van der Waals surface area contributed by atoms with Crippen molar-refractivity contribution in [2.75, 3.05) is 38.9 Å². The number of methoxy groups -OCH3 is 2. The van der Waals surface area contributed by atoms with Crippen molar-refractivity contribution in [3.63, 3.8) is 0 Å². The molecular weight excluding hydrogens is 236 g/mol. The third kappa shape index (κ3) is 2.84. The van der Waals surface area contributed by atoms with Gasteiger partial charge in [0.15, 0.2) is 5.75 Å². The number of anilines is 2. The lowest BCUT2D eigenvalue weighted by molar-refractivity contribution is 0.0594. The van der Waals surface area contributed by atoms with E-state index in [9.17, 15) is 4.79 Å². The molecule has 0 heterocycles. The summed E-state index contributed by atoms with van der Waals surface area (Å²) >= 11 is 0. The molecule has 6 heteroatoms. The normalized spacial score (nSPS) is 10.2. The molecular formula is C12H18N2O4. The van der Waals surface area contributed by atoms with Crippen molar-refractivity contribution in [3.05, 3.63) is 17.2 Å². The van der Waals surface area contributed by atoms with E-state index < -0.39 is 5.97 Å². The first-order valence-electron chi connectivity index (χ1n) is 5.41. The van der Waals surface area contributed by atoms with Crippen LogP contribution in [0.5, 0.6) is 5.75 Å². The summed E-state index contributed by atoms with van der Waals surface area (Å²) in [5, 5.41) is 0. The lowest BCUT2D eigenvalue weighted by Gasteiger charge is -2.15. The van der Waals surface area contributed by atoms with Crippen LogP contribution in [0.15, 0.2) is 6.07 Å². The maximum absolute atomic E-state index is 11.7. The zero-order valence-corrected chi connectivity index (χ0v) is 10.8. The Balaban J connectivity index is 3.17. The highest BCUT2D eigenvalue weighted by molar-refractivity contribution is 5.97. The number of hydrogen-bond acceptors (Lipinski definition) is 6.